The molecule has 1 heterocycles. The first-order valence-electron chi connectivity index (χ1n) is 13.4. The van der Waals surface area contributed by atoms with Crippen LogP contribution in [0.5, 0.6) is 11.5 Å². The van der Waals surface area contributed by atoms with Crippen LogP contribution in [0.4, 0.5) is 13.2 Å². The third-order valence-corrected chi connectivity index (χ3v) is 7.38. The molecule has 1 aliphatic carbocycles. The molecule has 6 nitrogen and oxygen atoms in total. The van der Waals surface area contributed by atoms with Gasteiger partial charge in [0.25, 0.3) is 5.91 Å². The fourth-order valence-electron chi connectivity index (χ4n) is 4.76. The zero-order valence-corrected chi connectivity index (χ0v) is 24.4. The van der Waals surface area contributed by atoms with Gasteiger partial charge in [-0.3, -0.25) is 4.79 Å². The Kier molecular flexibility index (Phi) is 10.4. The molecule has 0 aliphatic heterocycles. The molecule has 0 unspecified atom stereocenters. The van der Waals surface area contributed by atoms with Crippen molar-refractivity contribution in [1.29, 1.82) is 0 Å². The molecular weight excluding hydrogens is 578 g/mol. The van der Waals surface area contributed by atoms with Crippen molar-refractivity contribution in [2.75, 3.05) is 27.2 Å². The van der Waals surface area contributed by atoms with Gasteiger partial charge >= 0.3 is 6.36 Å². The summed E-state index contributed by atoms with van der Waals surface area (Å²) in [6.45, 7) is 1.25. The van der Waals surface area contributed by atoms with Gasteiger partial charge in [0.05, 0.1) is 17.3 Å². The van der Waals surface area contributed by atoms with E-state index in [1.165, 1.54) is 12.1 Å². The summed E-state index contributed by atoms with van der Waals surface area (Å²) in [5, 5.41) is 3.65. The Hall–Kier alpha value is -3.01. The molecule has 11 heteroatoms. The Bertz CT molecular complexity index is 1360. The molecular formula is C30H32Cl2F3N3O3. The quantitative estimate of drug-likeness (QED) is 0.236. The van der Waals surface area contributed by atoms with E-state index in [1.807, 2.05) is 19.0 Å². The average Bonchev–Trinajstić information content (AvgIpc) is 2.92. The van der Waals surface area contributed by atoms with Gasteiger partial charge in [0.1, 0.15) is 17.2 Å². The van der Waals surface area contributed by atoms with Crippen molar-refractivity contribution >= 4 is 29.1 Å². The summed E-state index contributed by atoms with van der Waals surface area (Å²) in [4.78, 5) is 19.9. The highest BCUT2D eigenvalue weighted by molar-refractivity contribution is 6.33. The molecule has 1 aliphatic rings. The number of aromatic nitrogens is 1. The highest BCUT2D eigenvalue weighted by atomic mass is 35.5. The standard InChI is InChI=1S/C30H32Cl2F3N3O3/c1-38(2)15-6-16-40-27-17-19(9-12-25(27)32)28-22(23-18-21(10-13-24(23)31)41-30(33,34)35)11-14-26(37-28)29(39)36-20-7-4-3-5-8-20/h9-14,17-18,20H,3-8,15-16H2,1-2H3,(H,36,39). The molecule has 0 radical (unpaired) electrons. The monoisotopic (exact) mass is 609 g/mol. The van der Waals surface area contributed by atoms with E-state index >= 15 is 0 Å². The van der Waals surface area contributed by atoms with Crippen molar-refractivity contribution in [3.8, 4) is 33.9 Å². The van der Waals surface area contributed by atoms with E-state index in [0.717, 1.165) is 51.1 Å². The summed E-state index contributed by atoms with van der Waals surface area (Å²) >= 11 is 12.9. The first-order chi connectivity index (χ1) is 19.5. The molecule has 1 N–H and O–H groups in total. The average molecular weight is 611 g/mol. The number of hydrogen-bond acceptors (Lipinski definition) is 5. The second-order valence-corrected chi connectivity index (χ2v) is 11.1. The lowest BCUT2D eigenvalue weighted by atomic mass is 9.95. The first-order valence-corrected chi connectivity index (χ1v) is 14.2. The summed E-state index contributed by atoms with van der Waals surface area (Å²) in [6.07, 6.45) is 0.974. The van der Waals surface area contributed by atoms with E-state index in [1.54, 1.807) is 30.3 Å². The number of carbonyl (C=O) groups excluding carboxylic acids is 1. The topological polar surface area (TPSA) is 63.7 Å². The minimum Gasteiger partial charge on any atom is -0.492 e. The third-order valence-electron chi connectivity index (χ3n) is 6.74. The Morgan fingerprint density at radius 3 is 2.44 bits per heavy atom. The number of rotatable bonds is 10. The lowest BCUT2D eigenvalue weighted by Crippen LogP contribution is -2.36. The van der Waals surface area contributed by atoms with Crippen LogP contribution in [0.15, 0.2) is 48.5 Å². The number of amides is 1. The highest BCUT2D eigenvalue weighted by Crippen LogP contribution is 2.40. The minimum absolute atomic E-state index is 0.0736. The molecule has 1 amide bonds. The van der Waals surface area contributed by atoms with Crippen LogP contribution in [0.2, 0.25) is 10.0 Å². The number of nitrogens with one attached hydrogen (secondary N) is 1. The van der Waals surface area contributed by atoms with E-state index in [4.69, 9.17) is 27.9 Å². The Balaban J connectivity index is 1.75. The molecule has 2 aromatic carbocycles. The van der Waals surface area contributed by atoms with Gasteiger partial charge in [-0.15, -0.1) is 13.2 Å². The van der Waals surface area contributed by atoms with Gasteiger partial charge in [-0.05, 0) is 75.8 Å². The zero-order valence-electron chi connectivity index (χ0n) is 22.9. The molecule has 0 atom stereocenters. The first kappa shape index (κ1) is 30.9. The van der Waals surface area contributed by atoms with Crippen molar-refractivity contribution in [2.45, 2.75) is 50.9 Å². The van der Waals surface area contributed by atoms with Gasteiger partial charge in [0, 0.05) is 34.3 Å². The number of hydrogen-bond donors (Lipinski definition) is 1. The van der Waals surface area contributed by atoms with Gasteiger partial charge < -0.3 is 19.7 Å². The van der Waals surface area contributed by atoms with Crippen LogP contribution in [0, 0.1) is 0 Å². The minimum atomic E-state index is -4.87. The van der Waals surface area contributed by atoms with Crippen LogP contribution in [-0.2, 0) is 0 Å². The fourth-order valence-corrected chi connectivity index (χ4v) is 5.15. The van der Waals surface area contributed by atoms with Crippen molar-refractivity contribution in [3.05, 3.63) is 64.3 Å². The van der Waals surface area contributed by atoms with E-state index in [0.29, 0.717) is 34.2 Å². The molecule has 0 bridgehead atoms. The predicted octanol–water partition coefficient (Wildman–Crippen LogP) is 8.01. The lowest BCUT2D eigenvalue weighted by Gasteiger charge is -2.23. The summed E-state index contributed by atoms with van der Waals surface area (Å²) < 4.78 is 49.0. The number of carbonyl (C=O) groups is 1. The lowest BCUT2D eigenvalue weighted by molar-refractivity contribution is -0.274. The van der Waals surface area contributed by atoms with Crippen LogP contribution in [-0.4, -0.2) is 55.4 Å². The van der Waals surface area contributed by atoms with Gasteiger partial charge in [0.2, 0.25) is 0 Å². The number of benzene rings is 2. The van der Waals surface area contributed by atoms with Crippen molar-refractivity contribution in [2.24, 2.45) is 0 Å². The number of alkyl halides is 3. The van der Waals surface area contributed by atoms with Crippen molar-refractivity contribution in [3.63, 3.8) is 0 Å². The van der Waals surface area contributed by atoms with Crippen LogP contribution in [0.1, 0.15) is 49.0 Å². The van der Waals surface area contributed by atoms with Gasteiger partial charge in [0.15, 0.2) is 0 Å². The van der Waals surface area contributed by atoms with Crippen molar-refractivity contribution < 1.29 is 27.4 Å². The summed E-state index contributed by atoms with van der Waals surface area (Å²) in [7, 11) is 3.94. The maximum absolute atomic E-state index is 13.2. The third kappa shape index (κ3) is 8.74. The highest BCUT2D eigenvalue weighted by Gasteiger charge is 2.31. The summed E-state index contributed by atoms with van der Waals surface area (Å²) in [6, 6.07) is 12.0. The summed E-state index contributed by atoms with van der Waals surface area (Å²) in [5.41, 5.74) is 1.74. The van der Waals surface area contributed by atoms with Gasteiger partial charge in [-0.2, -0.15) is 0 Å². The smallest absolute Gasteiger partial charge is 0.492 e. The predicted molar refractivity (Wildman–Crippen MR) is 155 cm³/mol. The maximum Gasteiger partial charge on any atom is 0.573 e. The summed E-state index contributed by atoms with van der Waals surface area (Å²) in [5.74, 6) is -0.324. The number of pyridine rings is 1. The van der Waals surface area contributed by atoms with Crippen LogP contribution >= 0.6 is 23.2 Å². The molecule has 0 saturated heterocycles. The molecule has 220 valence electrons. The van der Waals surface area contributed by atoms with E-state index in [-0.39, 0.29) is 28.2 Å². The number of halogens is 5. The molecule has 1 fully saturated rings. The van der Waals surface area contributed by atoms with E-state index in [2.05, 4.69) is 15.0 Å². The van der Waals surface area contributed by atoms with Gasteiger partial charge in [-0.1, -0.05) is 48.5 Å². The Morgan fingerprint density at radius 1 is 1.00 bits per heavy atom. The maximum atomic E-state index is 13.2. The second kappa shape index (κ2) is 13.8. The normalized spacial score (nSPS) is 14.2. The SMILES string of the molecule is CN(C)CCCOc1cc(-c2nc(C(=O)NC3CCCCC3)ccc2-c2cc(OC(F)(F)F)ccc2Cl)ccc1Cl. The van der Waals surface area contributed by atoms with E-state index in [9.17, 15) is 18.0 Å². The van der Waals surface area contributed by atoms with E-state index < -0.39 is 12.1 Å². The number of ether oxygens (including phenoxy) is 2. The van der Waals surface area contributed by atoms with Gasteiger partial charge in [-0.25, -0.2) is 4.98 Å². The van der Waals surface area contributed by atoms with Crippen LogP contribution in [0.3, 0.4) is 0 Å². The number of nitrogens with zero attached hydrogens (tertiary/aromatic N) is 2. The molecule has 3 aromatic rings. The van der Waals surface area contributed by atoms with Crippen LogP contribution < -0.4 is 14.8 Å². The molecule has 41 heavy (non-hydrogen) atoms. The molecule has 1 saturated carbocycles. The molecule has 4 rings (SSSR count). The Morgan fingerprint density at radius 2 is 1.73 bits per heavy atom. The molecule has 1 aromatic heterocycles. The Labute approximate surface area is 247 Å². The largest absolute Gasteiger partial charge is 0.573 e. The fraction of sp³-hybridized carbons (Fsp3) is 0.400. The zero-order chi connectivity index (χ0) is 29.6. The van der Waals surface area contributed by atoms with Crippen LogP contribution in [0.25, 0.3) is 22.4 Å². The van der Waals surface area contributed by atoms with Crippen molar-refractivity contribution in [1.82, 2.24) is 15.2 Å². The second-order valence-electron chi connectivity index (χ2n) is 10.2. The molecule has 0 spiro atoms.